The molecule has 1 aromatic carbocycles. The number of halogens is 1. The zero-order valence-corrected chi connectivity index (χ0v) is 16.9. The second-order valence-corrected chi connectivity index (χ2v) is 7.57. The highest BCUT2D eigenvalue weighted by Crippen LogP contribution is 2.31. The summed E-state index contributed by atoms with van der Waals surface area (Å²) in [4.78, 5) is 4.34. The minimum absolute atomic E-state index is 0.00651. The molecule has 1 saturated heterocycles. The van der Waals surface area contributed by atoms with E-state index in [1.165, 1.54) is 0 Å². The van der Waals surface area contributed by atoms with Crippen LogP contribution in [0.15, 0.2) is 47.7 Å². The zero-order chi connectivity index (χ0) is 19.8. The second kappa shape index (κ2) is 9.91. The minimum atomic E-state index is -0.0378. The molecule has 2 unspecified atom stereocenters. The summed E-state index contributed by atoms with van der Waals surface area (Å²) in [5.74, 6) is 0.718. The van der Waals surface area contributed by atoms with Crippen LogP contribution in [0.2, 0.25) is 5.02 Å². The Kier molecular flexibility index (Phi) is 7.30. The summed E-state index contributed by atoms with van der Waals surface area (Å²) >= 11 is 6.04. The van der Waals surface area contributed by atoms with Gasteiger partial charge in [-0.05, 0) is 36.6 Å². The summed E-state index contributed by atoms with van der Waals surface area (Å²) in [7, 11) is 1.75. The molecule has 152 valence electrons. The topological polar surface area (TPSA) is 83.7 Å². The summed E-state index contributed by atoms with van der Waals surface area (Å²) in [6.07, 6.45) is 5.38. The van der Waals surface area contributed by atoms with E-state index in [0.717, 1.165) is 31.0 Å². The molecule has 0 aliphatic carbocycles. The number of aliphatic hydroxyl groups excluding tert-OH is 1. The van der Waals surface area contributed by atoms with Crippen LogP contribution in [0.3, 0.4) is 0 Å². The fourth-order valence-corrected chi connectivity index (χ4v) is 3.64. The van der Waals surface area contributed by atoms with E-state index in [-0.39, 0.29) is 18.1 Å². The van der Waals surface area contributed by atoms with E-state index < -0.39 is 0 Å². The maximum atomic E-state index is 9.39. The number of hydrogen-bond acceptors (Lipinski definition) is 4. The van der Waals surface area contributed by atoms with Crippen LogP contribution in [-0.4, -0.2) is 60.8 Å². The van der Waals surface area contributed by atoms with Crippen molar-refractivity contribution in [3.8, 4) is 0 Å². The SMILES string of the molecule is CN=C(NCC(c1ccc(Cl)cc1)n1cccn1)NCC1(CCO)CCOC1. The van der Waals surface area contributed by atoms with E-state index in [0.29, 0.717) is 24.7 Å². The van der Waals surface area contributed by atoms with Crippen molar-refractivity contribution in [2.75, 3.05) is 40.0 Å². The fourth-order valence-electron chi connectivity index (χ4n) is 3.51. The zero-order valence-electron chi connectivity index (χ0n) is 16.1. The quantitative estimate of drug-likeness (QED) is 0.462. The molecule has 0 saturated carbocycles. The van der Waals surface area contributed by atoms with Crippen molar-refractivity contribution in [2.45, 2.75) is 18.9 Å². The third-order valence-corrected chi connectivity index (χ3v) is 5.50. The maximum absolute atomic E-state index is 9.39. The minimum Gasteiger partial charge on any atom is -0.396 e. The standard InChI is InChI=1S/C20H28ClN5O2/c1-22-19(24-14-20(7-11-27)8-12-28-15-20)23-13-18(26-10-2-9-25-26)16-3-5-17(21)6-4-16/h2-6,9-10,18,27H,7-8,11-15H2,1H3,(H2,22,23,24). The van der Waals surface area contributed by atoms with E-state index in [1.54, 1.807) is 13.2 Å². The molecule has 2 heterocycles. The molecule has 0 radical (unpaired) electrons. The van der Waals surface area contributed by atoms with Gasteiger partial charge in [0.15, 0.2) is 5.96 Å². The third-order valence-electron chi connectivity index (χ3n) is 5.24. The van der Waals surface area contributed by atoms with Crippen molar-refractivity contribution in [3.63, 3.8) is 0 Å². The molecule has 1 aliphatic heterocycles. The van der Waals surface area contributed by atoms with Crippen LogP contribution in [0, 0.1) is 5.41 Å². The lowest BCUT2D eigenvalue weighted by atomic mass is 9.84. The van der Waals surface area contributed by atoms with Gasteiger partial charge in [0, 0.05) is 56.2 Å². The van der Waals surface area contributed by atoms with Crippen molar-refractivity contribution in [1.82, 2.24) is 20.4 Å². The van der Waals surface area contributed by atoms with Crippen LogP contribution >= 0.6 is 11.6 Å². The number of nitrogens with one attached hydrogen (secondary N) is 2. The van der Waals surface area contributed by atoms with Crippen LogP contribution in [-0.2, 0) is 4.74 Å². The summed E-state index contributed by atoms with van der Waals surface area (Å²) in [5.41, 5.74) is 1.07. The Balaban J connectivity index is 1.63. The lowest BCUT2D eigenvalue weighted by Crippen LogP contribution is -2.46. The van der Waals surface area contributed by atoms with Crippen LogP contribution in [0.5, 0.6) is 0 Å². The smallest absolute Gasteiger partial charge is 0.191 e. The average Bonchev–Trinajstić information content (AvgIpc) is 3.39. The monoisotopic (exact) mass is 405 g/mol. The van der Waals surface area contributed by atoms with Crippen molar-refractivity contribution in [2.24, 2.45) is 10.4 Å². The Hall–Kier alpha value is -2.09. The van der Waals surface area contributed by atoms with Gasteiger partial charge < -0.3 is 20.5 Å². The lowest BCUT2D eigenvalue weighted by Gasteiger charge is -2.28. The number of hydrogen-bond donors (Lipinski definition) is 3. The molecule has 2 atom stereocenters. The average molecular weight is 406 g/mol. The van der Waals surface area contributed by atoms with Crippen LogP contribution in [0.1, 0.15) is 24.4 Å². The number of guanidine groups is 1. The molecule has 3 rings (SSSR count). The molecular weight excluding hydrogens is 378 g/mol. The van der Waals surface area contributed by atoms with Gasteiger partial charge in [0.2, 0.25) is 0 Å². The van der Waals surface area contributed by atoms with Crippen molar-refractivity contribution in [1.29, 1.82) is 0 Å². The Morgan fingerprint density at radius 1 is 1.39 bits per heavy atom. The highest BCUT2D eigenvalue weighted by Gasteiger charge is 2.34. The normalized spacial score (nSPS) is 20.9. The number of benzene rings is 1. The van der Waals surface area contributed by atoms with Gasteiger partial charge in [0.1, 0.15) is 0 Å². The van der Waals surface area contributed by atoms with Gasteiger partial charge in [0.25, 0.3) is 0 Å². The van der Waals surface area contributed by atoms with E-state index in [2.05, 4.69) is 20.7 Å². The fraction of sp³-hybridized carbons (Fsp3) is 0.500. The van der Waals surface area contributed by atoms with Crippen LogP contribution in [0.25, 0.3) is 0 Å². The Labute approximate surface area is 170 Å². The van der Waals surface area contributed by atoms with Gasteiger partial charge >= 0.3 is 0 Å². The van der Waals surface area contributed by atoms with E-state index in [9.17, 15) is 5.11 Å². The van der Waals surface area contributed by atoms with Crippen molar-refractivity contribution < 1.29 is 9.84 Å². The Bertz CT molecular complexity index is 742. The molecule has 1 aliphatic rings. The first-order valence-corrected chi connectivity index (χ1v) is 9.91. The van der Waals surface area contributed by atoms with Crippen LogP contribution < -0.4 is 10.6 Å². The molecule has 1 aromatic heterocycles. The number of aromatic nitrogens is 2. The molecule has 7 nitrogen and oxygen atoms in total. The molecule has 8 heteroatoms. The third kappa shape index (κ3) is 5.25. The predicted octanol–water partition coefficient (Wildman–Crippen LogP) is 2.08. The molecule has 2 aromatic rings. The largest absolute Gasteiger partial charge is 0.396 e. The molecule has 28 heavy (non-hydrogen) atoms. The summed E-state index contributed by atoms with van der Waals surface area (Å²) in [6, 6.07) is 9.72. The van der Waals surface area contributed by atoms with Crippen molar-refractivity contribution in [3.05, 3.63) is 53.3 Å². The number of nitrogens with zero attached hydrogens (tertiary/aromatic N) is 3. The van der Waals surface area contributed by atoms with Gasteiger partial charge in [-0.2, -0.15) is 5.10 Å². The molecule has 0 spiro atoms. The Morgan fingerprint density at radius 2 is 2.21 bits per heavy atom. The van der Waals surface area contributed by atoms with Gasteiger partial charge in [-0.15, -0.1) is 0 Å². The second-order valence-electron chi connectivity index (χ2n) is 7.14. The van der Waals surface area contributed by atoms with E-state index in [1.807, 2.05) is 41.2 Å². The predicted molar refractivity (Wildman–Crippen MR) is 111 cm³/mol. The lowest BCUT2D eigenvalue weighted by molar-refractivity contribution is 0.127. The maximum Gasteiger partial charge on any atom is 0.191 e. The van der Waals surface area contributed by atoms with E-state index >= 15 is 0 Å². The number of aliphatic imine (C=N–C) groups is 1. The highest BCUT2D eigenvalue weighted by atomic mass is 35.5. The number of aliphatic hydroxyl groups is 1. The van der Waals surface area contributed by atoms with Crippen molar-refractivity contribution >= 4 is 17.6 Å². The van der Waals surface area contributed by atoms with Gasteiger partial charge in [-0.1, -0.05) is 23.7 Å². The van der Waals surface area contributed by atoms with E-state index in [4.69, 9.17) is 16.3 Å². The highest BCUT2D eigenvalue weighted by molar-refractivity contribution is 6.30. The summed E-state index contributed by atoms with van der Waals surface area (Å²) in [5, 5.41) is 21.3. The number of rotatable bonds is 8. The number of ether oxygens (including phenoxy) is 1. The molecule has 0 amide bonds. The first-order chi connectivity index (χ1) is 13.7. The van der Waals surface area contributed by atoms with Crippen LogP contribution in [0.4, 0.5) is 0 Å². The van der Waals surface area contributed by atoms with Gasteiger partial charge in [0.05, 0.1) is 12.6 Å². The van der Waals surface area contributed by atoms with Gasteiger partial charge in [-0.3, -0.25) is 9.67 Å². The van der Waals surface area contributed by atoms with Gasteiger partial charge in [-0.25, -0.2) is 0 Å². The summed E-state index contributed by atoms with van der Waals surface area (Å²) < 4.78 is 7.48. The molecule has 0 bridgehead atoms. The Morgan fingerprint density at radius 3 is 2.82 bits per heavy atom. The summed E-state index contributed by atoms with van der Waals surface area (Å²) in [6.45, 7) is 2.89. The first kappa shape index (κ1) is 20.6. The molecule has 1 fully saturated rings. The molecule has 3 N–H and O–H groups in total. The molecular formula is C20H28ClN5O2. The first-order valence-electron chi connectivity index (χ1n) is 9.53.